The minimum atomic E-state index is -0.338. The second-order valence-corrected chi connectivity index (χ2v) is 10.5. The van der Waals surface area contributed by atoms with Gasteiger partial charge < -0.3 is 8.80 Å². The van der Waals surface area contributed by atoms with Gasteiger partial charge in [0.1, 0.15) is 0 Å². The van der Waals surface area contributed by atoms with Crippen molar-refractivity contribution in [3.05, 3.63) is 139 Å². The van der Waals surface area contributed by atoms with E-state index in [2.05, 4.69) is 13.2 Å². The van der Waals surface area contributed by atoms with Crippen LogP contribution >= 0.6 is 0 Å². The number of para-hydroxylation sites is 2. The summed E-state index contributed by atoms with van der Waals surface area (Å²) in [6.07, 6.45) is 8.83. The summed E-state index contributed by atoms with van der Waals surface area (Å²) in [4.78, 5) is 54.4. The first-order chi connectivity index (χ1) is 20.1. The molecular formula is C36H28N2O4. The van der Waals surface area contributed by atoms with Crippen LogP contribution in [0.5, 0.6) is 0 Å². The van der Waals surface area contributed by atoms with Gasteiger partial charge in [0.2, 0.25) is 0 Å². The maximum Gasteiger partial charge on any atom is 0.197 e. The maximum atomic E-state index is 13.8. The van der Waals surface area contributed by atoms with Crippen LogP contribution in [0.25, 0.3) is 64.1 Å². The molecule has 6 nitrogen and oxygen atoms in total. The van der Waals surface area contributed by atoms with E-state index in [4.69, 9.17) is 0 Å². The first kappa shape index (κ1) is 26.8. The third-order valence-corrected chi connectivity index (χ3v) is 8.11. The van der Waals surface area contributed by atoms with Crippen LogP contribution in [0.3, 0.4) is 0 Å². The van der Waals surface area contributed by atoms with Crippen LogP contribution < -0.4 is 37.5 Å². The zero-order chi connectivity index (χ0) is 30.0. The summed E-state index contributed by atoms with van der Waals surface area (Å²) < 4.78 is 3.76. The molecule has 6 heteroatoms. The molecule has 0 spiro atoms. The van der Waals surface area contributed by atoms with Gasteiger partial charge in [0, 0.05) is 43.3 Å². The lowest BCUT2D eigenvalue weighted by Crippen LogP contribution is -2.48. The largest absolute Gasteiger partial charge is 0.308 e. The number of allylic oxidation sites excluding steroid dienone is 2. The van der Waals surface area contributed by atoms with Crippen LogP contribution in [0.15, 0.2) is 73.8 Å². The minimum Gasteiger partial charge on any atom is -0.308 e. The fraction of sp³-hybridized carbons (Fsp3) is 0.111. The summed E-state index contributed by atoms with van der Waals surface area (Å²) in [7, 11) is 0. The van der Waals surface area contributed by atoms with Gasteiger partial charge in [-0.1, -0.05) is 49.6 Å². The normalized spacial score (nSPS) is 12.8. The zero-order valence-corrected chi connectivity index (χ0v) is 23.9. The van der Waals surface area contributed by atoms with E-state index in [1.165, 1.54) is 0 Å². The van der Waals surface area contributed by atoms with Gasteiger partial charge in [-0.05, 0) is 64.1 Å². The average molecular weight is 553 g/mol. The number of rotatable bonds is 3. The molecule has 0 unspecified atom stereocenters. The molecule has 0 aliphatic carbocycles. The number of pyridine rings is 4. The fourth-order valence-corrected chi connectivity index (χ4v) is 6.07. The number of hydrogen-bond donors (Lipinski definition) is 0. The monoisotopic (exact) mass is 552 g/mol. The van der Waals surface area contributed by atoms with Gasteiger partial charge in [0.25, 0.3) is 0 Å². The lowest BCUT2D eigenvalue weighted by atomic mass is 10.0. The Hall–Kier alpha value is -5.36. The highest BCUT2D eigenvalue weighted by Gasteiger charge is 2.20. The SMILES string of the molecule is C=c1c(=O)c(/C=C\C)c2c(=C)c(=O)c(C)c(/C=C\C)n2/c1=C/c1c(C)c(=O)c2cccc3c(=O)c4ccccc4n1c23. The average Bonchev–Trinajstić information content (AvgIpc) is 2.99. The van der Waals surface area contributed by atoms with Gasteiger partial charge in [-0.3, -0.25) is 19.2 Å². The Kier molecular flexibility index (Phi) is 6.15. The molecular weight excluding hydrogens is 524 g/mol. The van der Waals surface area contributed by atoms with Crippen molar-refractivity contribution in [2.75, 3.05) is 0 Å². The van der Waals surface area contributed by atoms with Crippen molar-refractivity contribution in [1.82, 2.24) is 8.80 Å². The molecule has 4 aromatic heterocycles. The molecule has 42 heavy (non-hydrogen) atoms. The molecule has 6 aromatic rings. The van der Waals surface area contributed by atoms with Crippen LogP contribution in [-0.2, 0) is 0 Å². The van der Waals surface area contributed by atoms with Gasteiger partial charge in [-0.15, -0.1) is 0 Å². The number of fused-ring (bicyclic) bond motifs is 3. The predicted molar refractivity (Wildman–Crippen MR) is 174 cm³/mol. The Balaban J connectivity index is 2.03. The van der Waals surface area contributed by atoms with Crippen LogP contribution in [0, 0.1) is 13.8 Å². The van der Waals surface area contributed by atoms with Crippen molar-refractivity contribution in [2.45, 2.75) is 27.7 Å². The van der Waals surface area contributed by atoms with E-state index in [0.717, 1.165) is 0 Å². The molecule has 2 aromatic carbocycles. The van der Waals surface area contributed by atoms with E-state index in [1.807, 2.05) is 46.1 Å². The fourth-order valence-electron chi connectivity index (χ4n) is 6.07. The summed E-state index contributed by atoms with van der Waals surface area (Å²) in [6.45, 7) is 15.4. The third kappa shape index (κ3) is 3.51. The number of hydrogen-bond acceptors (Lipinski definition) is 4. The van der Waals surface area contributed by atoms with E-state index in [1.54, 1.807) is 63.3 Å². The van der Waals surface area contributed by atoms with Crippen molar-refractivity contribution >= 4 is 64.1 Å². The van der Waals surface area contributed by atoms with Crippen molar-refractivity contribution in [2.24, 2.45) is 0 Å². The molecule has 0 N–H and O–H groups in total. The van der Waals surface area contributed by atoms with Crippen molar-refractivity contribution in [3.8, 4) is 0 Å². The Morgan fingerprint density at radius 2 is 1.24 bits per heavy atom. The van der Waals surface area contributed by atoms with Crippen molar-refractivity contribution in [3.63, 3.8) is 0 Å². The lowest BCUT2D eigenvalue weighted by molar-refractivity contribution is 1.02. The van der Waals surface area contributed by atoms with E-state index in [0.29, 0.717) is 66.1 Å². The summed E-state index contributed by atoms with van der Waals surface area (Å²) >= 11 is 0. The van der Waals surface area contributed by atoms with E-state index >= 15 is 0 Å². The predicted octanol–water partition coefficient (Wildman–Crippen LogP) is 3.43. The second-order valence-electron chi connectivity index (χ2n) is 10.5. The zero-order valence-electron chi connectivity index (χ0n) is 23.9. The molecule has 0 amide bonds. The molecule has 0 radical (unpaired) electrons. The van der Waals surface area contributed by atoms with Crippen LogP contribution in [0.1, 0.15) is 41.9 Å². The van der Waals surface area contributed by atoms with E-state index < -0.39 is 0 Å². The lowest BCUT2D eigenvalue weighted by Gasteiger charge is -2.17. The first-order valence-corrected chi connectivity index (χ1v) is 13.7. The second kappa shape index (κ2) is 9.63. The van der Waals surface area contributed by atoms with E-state index in [9.17, 15) is 19.2 Å². The maximum absolute atomic E-state index is 13.8. The smallest absolute Gasteiger partial charge is 0.197 e. The quantitative estimate of drug-likeness (QED) is 0.249. The molecule has 4 heterocycles. The number of aromatic nitrogens is 2. The van der Waals surface area contributed by atoms with Gasteiger partial charge in [0.15, 0.2) is 21.7 Å². The molecule has 0 aliphatic heterocycles. The topological polar surface area (TPSA) is 77.1 Å². The van der Waals surface area contributed by atoms with Crippen molar-refractivity contribution in [1.29, 1.82) is 0 Å². The molecule has 6 rings (SSSR count). The third-order valence-electron chi connectivity index (χ3n) is 8.11. The molecule has 0 atom stereocenters. The summed E-state index contributed by atoms with van der Waals surface area (Å²) in [5, 5.41) is 2.20. The Labute approximate surface area is 239 Å². The molecule has 206 valence electrons. The Bertz CT molecular complexity index is 2620. The summed E-state index contributed by atoms with van der Waals surface area (Å²) in [5.41, 5.74) is 2.92. The highest BCUT2D eigenvalue weighted by Crippen LogP contribution is 2.25. The van der Waals surface area contributed by atoms with Gasteiger partial charge in [-0.2, -0.15) is 0 Å². The molecule has 0 saturated heterocycles. The molecule has 0 saturated carbocycles. The molecule has 0 aliphatic rings. The Morgan fingerprint density at radius 3 is 1.93 bits per heavy atom. The Morgan fingerprint density at radius 1 is 0.619 bits per heavy atom. The van der Waals surface area contributed by atoms with Crippen LogP contribution in [0.2, 0.25) is 0 Å². The van der Waals surface area contributed by atoms with E-state index in [-0.39, 0.29) is 32.2 Å². The van der Waals surface area contributed by atoms with Crippen molar-refractivity contribution < 1.29 is 0 Å². The highest BCUT2D eigenvalue weighted by atomic mass is 16.1. The van der Waals surface area contributed by atoms with Gasteiger partial charge in [0.05, 0.1) is 33.3 Å². The first-order valence-electron chi connectivity index (χ1n) is 13.7. The number of nitrogens with zero attached hydrogens (tertiary/aromatic N) is 2. The number of benzene rings is 2. The highest BCUT2D eigenvalue weighted by molar-refractivity contribution is 6.03. The molecule has 0 fully saturated rings. The minimum absolute atomic E-state index is 0.156. The van der Waals surface area contributed by atoms with Crippen LogP contribution in [0.4, 0.5) is 0 Å². The standard InChI is InChI=1S/C36H28N2O4/c1-7-12-24-31-22(6)33(39)19(3)27(13-8-2)37(31)29(20(4)34(24)40)18-30-21(5)35(41)25-15-11-16-26-32(25)38(30)28-17-10-9-14-23(28)36(26)42/h7-18H,4,6H2,1-3,5H3/b12-7-,13-8-,29-18+. The van der Waals surface area contributed by atoms with Gasteiger partial charge in [-0.25, -0.2) is 0 Å². The summed E-state index contributed by atoms with van der Waals surface area (Å²) in [6, 6.07) is 12.5. The molecule has 0 bridgehead atoms. The van der Waals surface area contributed by atoms with Gasteiger partial charge >= 0.3 is 0 Å². The van der Waals surface area contributed by atoms with Crippen LogP contribution in [-0.4, -0.2) is 8.80 Å². The summed E-state index contributed by atoms with van der Waals surface area (Å²) in [5.74, 6) is 0.